The van der Waals surface area contributed by atoms with Crippen molar-refractivity contribution in [3.05, 3.63) is 39.0 Å². The van der Waals surface area contributed by atoms with Gasteiger partial charge in [-0.05, 0) is 47.5 Å². The van der Waals surface area contributed by atoms with Crippen LogP contribution in [0.5, 0.6) is 0 Å². The maximum Gasteiger partial charge on any atom is 0.356 e. The van der Waals surface area contributed by atoms with Gasteiger partial charge in [0.15, 0.2) is 0 Å². The maximum atomic E-state index is 12.4. The average molecular weight is 375 g/mol. The minimum atomic E-state index is -0.899. The van der Waals surface area contributed by atoms with E-state index in [0.717, 1.165) is 17.3 Å². The van der Waals surface area contributed by atoms with E-state index in [9.17, 15) is 9.32 Å². The van der Waals surface area contributed by atoms with Gasteiger partial charge in [-0.2, -0.15) is 0 Å². The molecule has 0 aliphatic heterocycles. The number of aromatic nitrogens is 1. The number of pyridine rings is 1. The average Bonchev–Trinajstić information content (AvgIpc) is 2.46. The molecule has 1 unspecified atom stereocenters. The van der Waals surface area contributed by atoms with Gasteiger partial charge in [-0.3, -0.25) is 9.93 Å². The number of hydrogen-bond acceptors (Lipinski definition) is 3. The highest BCUT2D eigenvalue weighted by Gasteiger charge is 2.28. The summed E-state index contributed by atoms with van der Waals surface area (Å²) < 4.78 is 13.1. The second kappa shape index (κ2) is 6.71. The van der Waals surface area contributed by atoms with Crippen LogP contribution in [-0.2, 0) is 9.74 Å². The van der Waals surface area contributed by atoms with Crippen LogP contribution in [0.1, 0.15) is 36.9 Å². The number of fused-ring (bicyclic) bond motifs is 1. The van der Waals surface area contributed by atoms with Gasteiger partial charge < -0.3 is 0 Å². The lowest BCUT2D eigenvalue weighted by Crippen LogP contribution is -2.15. The zero-order chi connectivity index (χ0) is 15.6. The predicted octanol–water partition coefficient (Wildman–Crippen LogP) is 5.27. The lowest BCUT2D eigenvalue weighted by Gasteiger charge is -2.18. The van der Waals surface area contributed by atoms with Crippen molar-refractivity contribution in [3.63, 3.8) is 0 Å². The van der Waals surface area contributed by atoms with Crippen molar-refractivity contribution in [1.29, 1.82) is 0 Å². The van der Waals surface area contributed by atoms with E-state index < -0.39 is 11.9 Å². The van der Waals surface area contributed by atoms with Gasteiger partial charge in [-0.1, -0.05) is 24.9 Å². The molecule has 112 valence electrons. The molecule has 0 N–H and O–H groups in total. The fourth-order valence-corrected chi connectivity index (χ4v) is 3.51. The third-order valence-electron chi connectivity index (χ3n) is 3.40. The number of halogens is 3. The second-order valence-corrected chi connectivity index (χ2v) is 6.05. The van der Waals surface area contributed by atoms with Crippen molar-refractivity contribution in [3.8, 4) is 0 Å². The summed E-state index contributed by atoms with van der Waals surface area (Å²) >= 11 is 9.52. The number of rotatable bonds is 4. The summed E-state index contributed by atoms with van der Waals surface area (Å²) in [5.74, 6) is -1.59. The largest absolute Gasteiger partial charge is 0.356 e. The van der Waals surface area contributed by atoms with Crippen molar-refractivity contribution in [2.24, 2.45) is 0 Å². The summed E-state index contributed by atoms with van der Waals surface area (Å²) in [5.41, 5.74) is 2.08. The van der Waals surface area contributed by atoms with Crippen LogP contribution in [0.4, 0.5) is 4.53 Å². The summed E-state index contributed by atoms with van der Waals surface area (Å²) in [7, 11) is 0. The van der Waals surface area contributed by atoms with E-state index >= 15 is 0 Å². The van der Waals surface area contributed by atoms with E-state index in [0.29, 0.717) is 27.2 Å². The van der Waals surface area contributed by atoms with Crippen LogP contribution in [-0.4, -0.2) is 11.0 Å². The van der Waals surface area contributed by atoms with E-state index in [1.54, 1.807) is 19.1 Å². The normalized spacial score (nSPS) is 12.4. The van der Waals surface area contributed by atoms with Gasteiger partial charge >= 0.3 is 5.97 Å². The summed E-state index contributed by atoms with van der Waals surface area (Å²) in [6.45, 7) is 3.72. The molecule has 0 fully saturated rings. The van der Waals surface area contributed by atoms with Gasteiger partial charge in [-0.15, -0.1) is 0 Å². The summed E-state index contributed by atoms with van der Waals surface area (Å²) in [4.78, 5) is 19.7. The van der Waals surface area contributed by atoms with E-state index in [2.05, 4.69) is 25.9 Å². The fourth-order valence-electron chi connectivity index (χ4n) is 2.45. The van der Waals surface area contributed by atoms with Gasteiger partial charge in [-0.25, -0.2) is 4.79 Å². The van der Waals surface area contributed by atoms with Gasteiger partial charge in [0.05, 0.1) is 11.4 Å². The van der Waals surface area contributed by atoms with Crippen LogP contribution in [0.15, 0.2) is 22.7 Å². The van der Waals surface area contributed by atoms with Crippen LogP contribution in [0.3, 0.4) is 0 Å². The minimum absolute atomic E-state index is 0.482. The second-order valence-electron chi connectivity index (χ2n) is 4.82. The Kier molecular flexibility index (Phi) is 5.17. The number of aryl methyl sites for hydroxylation is 1. The van der Waals surface area contributed by atoms with Crippen molar-refractivity contribution < 1.29 is 14.3 Å². The molecule has 0 bridgehead atoms. The Morgan fingerprint density at radius 1 is 1.52 bits per heavy atom. The van der Waals surface area contributed by atoms with Gasteiger partial charge in [0.2, 0.25) is 0 Å². The number of nitrogens with zero attached hydrogens (tertiary/aromatic N) is 1. The molecule has 0 spiro atoms. The first kappa shape index (κ1) is 16.2. The van der Waals surface area contributed by atoms with Crippen LogP contribution in [0, 0.1) is 6.92 Å². The first-order chi connectivity index (χ1) is 9.99. The molecule has 6 heteroatoms. The van der Waals surface area contributed by atoms with Crippen LogP contribution in [0.25, 0.3) is 10.9 Å². The third kappa shape index (κ3) is 3.19. The van der Waals surface area contributed by atoms with Gasteiger partial charge in [0, 0.05) is 30.7 Å². The Morgan fingerprint density at radius 3 is 2.86 bits per heavy atom. The zero-order valence-corrected chi connectivity index (χ0v) is 14.0. The van der Waals surface area contributed by atoms with Crippen LogP contribution >= 0.6 is 27.5 Å². The molecule has 1 atom stereocenters. The first-order valence-electron chi connectivity index (χ1n) is 6.57. The zero-order valence-electron chi connectivity index (χ0n) is 11.6. The van der Waals surface area contributed by atoms with Gasteiger partial charge in [0.25, 0.3) is 0 Å². The quantitative estimate of drug-likeness (QED) is 0.732. The molecular formula is C15H14BrClFNO2. The molecule has 1 aromatic carbocycles. The SMILES string of the molecule is CCCC(C(=O)OF)c1c(C)nc2ccc(Cl)cc2c1Br. The standard InChI is InChI=1S/C15H14BrClFNO2/c1-3-4-10(15(20)21-18)13-8(2)19-12-6-5-9(17)7-11(12)14(13)16/h5-7,10H,3-4H2,1-2H3. The maximum absolute atomic E-state index is 12.4. The lowest BCUT2D eigenvalue weighted by atomic mass is 9.92. The third-order valence-corrected chi connectivity index (χ3v) is 4.49. The summed E-state index contributed by atoms with van der Waals surface area (Å²) in [5, 5.41) is 1.36. The molecule has 21 heavy (non-hydrogen) atoms. The molecule has 1 aromatic heterocycles. The molecule has 0 saturated heterocycles. The van der Waals surface area contributed by atoms with Crippen molar-refractivity contribution in [2.45, 2.75) is 32.6 Å². The Bertz CT molecular complexity index is 693. The monoisotopic (exact) mass is 373 g/mol. The Balaban J connectivity index is 2.69. The van der Waals surface area contributed by atoms with Crippen molar-refractivity contribution >= 4 is 44.4 Å². The predicted molar refractivity (Wildman–Crippen MR) is 84.0 cm³/mol. The van der Waals surface area contributed by atoms with Crippen LogP contribution in [0.2, 0.25) is 5.02 Å². The highest BCUT2D eigenvalue weighted by atomic mass is 79.9. The number of hydrogen-bond donors (Lipinski definition) is 0. The molecule has 1 heterocycles. The molecular weight excluding hydrogens is 361 g/mol. The number of carbonyl (C=O) groups is 1. The lowest BCUT2D eigenvalue weighted by molar-refractivity contribution is -0.185. The summed E-state index contributed by atoms with van der Waals surface area (Å²) in [6.07, 6.45) is 1.20. The highest BCUT2D eigenvalue weighted by molar-refractivity contribution is 9.10. The number of carbonyl (C=O) groups excluding carboxylic acids is 1. The van der Waals surface area contributed by atoms with E-state index in [1.807, 2.05) is 13.0 Å². The highest BCUT2D eigenvalue weighted by Crippen LogP contribution is 2.37. The molecule has 0 amide bonds. The Morgan fingerprint density at radius 2 is 2.24 bits per heavy atom. The Hall–Kier alpha value is -1.20. The smallest absolute Gasteiger partial charge is 0.254 e. The molecule has 0 aliphatic rings. The molecule has 2 aromatic rings. The molecule has 3 nitrogen and oxygen atoms in total. The first-order valence-corrected chi connectivity index (χ1v) is 7.74. The van der Waals surface area contributed by atoms with Crippen molar-refractivity contribution in [1.82, 2.24) is 4.98 Å². The van der Waals surface area contributed by atoms with Crippen molar-refractivity contribution in [2.75, 3.05) is 0 Å². The molecule has 0 saturated carbocycles. The molecule has 0 aliphatic carbocycles. The molecule has 2 rings (SSSR count). The van der Waals surface area contributed by atoms with E-state index in [1.165, 1.54) is 0 Å². The summed E-state index contributed by atoms with van der Waals surface area (Å²) in [6, 6.07) is 5.32. The van der Waals surface area contributed by atoms with E-state index in [-0.39, 0.29) is 0 Å². The topological polar surface area (TPSA) is 39.2 Å². The fraction of sp³-hybridized carbons (Fsp3) is 0.333. The Labute approximate surface area is 135 Å². The van der Waals surface area contributed by atoms with E-state index in [4.69, 9.17) is 11.6 Å². The minimum Gasteiger partial charge on any atom is -0.254 e. The molecule has 0 radical (unpaired) electrons. The van der Waals surface area contributed by atoms with Crippen LogP contribution < -0.4 is 0 Å². The van der Waals surface area contributed by atoms with Gasteiger partial charge in [0.1, 0.15) is 0 Å². The number of benzene rings is 1.